The molecule has 2 aliphatic carbocycles. The number of aliphatic hydroxyl groups is 1. The first-order chi connectivity index (χ1) is 15.3. The minimum absolute atomic E-state index is 0.0230. The number of ether oxygens (including phenoxy) is 3. The number of benzene rings is 1. The van der Waals surface area contributed by atoms with Gasteiger partial charge in [0, 0.05) is 16.5 Å². The highest BCUT2D eigenvalue weighted by Crippen LogP contribution is 2.63. The summed E-state index contributed by atoms with van der Waals surface area (Å²) in [6.07, 6.45) is 1.96. The van der Waals surface area contributed by atoms with Crippen LogP contribution in [0.5, 0.6) is 11.5 Å². The van der Waals surface area contributed by atoms with Gasteiger partial charge in [-0.3, -0.25) is 4.79 Å². The van der Waals surface area contributed by atoms with Crippen LogP contribution in [-0.2, 0) is 26.0 Å². The lowest BCUT2D eigenvalue weighted by Crippen LogP contribution is -2.54. The molecule has 0 saturated heterocycles. The van der Waals surface area contributed by atoms with Crippen molar-refractivity contribution in [2.75, 3.05) is 20.8 Å². The molecule has 0 heterocycles. The van der Waals surface area contributed by atoms with Gasteiger partial charge in [-0.2, -0.15) is 0 Å². The van der Waals surface area contributed by atoms with Crippen molar-refractivity contribution in [3.63, 3.8) is 0 Å². The van der Waals surface area contributed by atoms with E-state index in [9.17, 15) is 9.90 Å². The molecule has 0 bridgehead atoms. The van der Waals surface area contributed by atoms with Crippen LogP contribution in [0.2, 0.25) is 18.1 Å². The van der Waals surface area contributed by atoms with Crippen molar-refractivity contribution >= 4 is 14.3 Å². The number of carbonyl (C=O) groups excluding carboxylic acids is 1. The Bertz CT molecular complexity index is 892. The standard InChI is InChI=1S/C26H42O6Si/c1-10-31-23(27)17-11-14-21(32-33(8,9)24(2,3)4)25(5)16-18-19(29-6)12-13-20(30-7)22(18)26(25,28)15-17/h12-13,17,21,28H,10-11,14-16H2,1-9H3/t17-,21+,25+,26-/m0/s1. The van der Waals surface area contributed by atoms with E-state index >= 15 is 0 Å². The topological polar surface area (TPSA) is 74.2 Å². The summed E-state index contributed by atoms with van der Waals surface area (Å²) in [5, 5.41) is 12.6. The average molecular weight is 479 g/mol. The van der Waals surface area contributed by atoms with Crippen molar-refractivity contribution in [1.82, 2.24) is 0 Å². The molecule has 0 spiro atoms. The number of fused-ring (bicyclic) bond motifs is 3. The van der Waals surface area contributed by atoms with Crippen LogP contribution in [0, 0.1) is 11.3 Å². The van der Waals surface area contributed by atoms with Crippen LogP contribution in [0.3, 0.4) is 0 Å². The molecule has 0 unspecified atom stereocenters. The van der Waals surface area contributed by atoms with Gasteiger partial charge in [-0.25, -0.2) is 0 Å². The Morgan fingerprint density at radius 3 is 2.30 bits per heavy atom. The molecular formula is C26H42O6Si. The van der Waals surface area contributed by atoms with Crippen LogP contribution in [0.25, 0.3) is 0 Å². The van der Waals surface area contributed by atoms with Crippen LogP contribution < -0.4 is 9.47 Å². The van der Waals surface area contributed by atoms with E-state index in [1.165, 1.54) is 0 Å². The van der Waals surface area contributed by atoms with E-state index in [4.69, 9.17) is 18.6 Å². The molecule has 1 aromatic rings. The molecule has 1 aromatic carbocycles. The Balaban J connectivity index is 2.19. The third-order valence-electron chi connectivity index (χ3n) is 8.47. The smallest absolute Gasteiger partial charge is 0.309 e. The van der Waals surface area contributed by atoms with Crippen molar-refractivity contribution < 1.29 is 28.5 Å². The van der Waals surface area contributed by atoms with Crippen LogP contribution >= 0.6 is 0 Å². The van der Waals surface area contributed by atoms with Gasteiger partial charge >= 0.3 is 5.97 Å². The molecular weight excluding hydrogens is 436 g/mol. The summed E-state index contributed by atoms with van der Waals surface area (Å²) in [7, 11) is 1.11. The number of rotatable bonds is 6. The van der Waals surface area contributed by atoms with Crippen molar-refractivity contribution in [1.29, 1.82) is 0 Å². The fraction of sp³-hybridized carbons (Fsp3) is 0.731. The molecule has 3 rings (SSSR count). The Kier molecular flexibility index (Phi) is 7.02. The second-order valence-corrected chi connectivity index (χ2v) is 16.1. The van der Waals surface area contributed by atoms with E-state index in [-0.39, 0.29) is 23.5 Å². The van der Waals surface area contributed by atoms with E-state index in [1.807, 2.05) is 19.1 Å². The molecule has 186 valence electrons. The van der Waals surface area contributed by atoms with Crippen molar-refractivity contribution in [3.05, 3.63) is 23.3 Å². The van der Waals surface area contributed by atoms with Crippen LogP contribution in [-0.4, -0.2) is 46.3 Å². The SMILES string of the molecule is CCOC(=O)[C@H]1CC[C@@H](O[Si](C)(C)C(C)(C)C)[C@@]2(C)Cc3c(OC)ccc(OC)c3[C@@]2(O)C1. The minimum atomic E-state index is -2.16. The van der Waals surface area contributed by atoms with Crippen LogP contribution in [0.15, 0.2) is 12.1 Å². The number of hydrogen-bond donors (Lipinski definition) is 1. The van der Waals surface area contributed by atoms with Gasteiger partial charge < -0.3 is 23.7 Å². The van der Waals surface area contributed by atoms with Crippen molar-refractivity contribution in [2.24, 2.45) is 11.3 Å². The second kappa shape index (κ2) is 8.89. The highest BCUT2D eigenvalue weighted by molar-refractivity contribution is 6.74. The second-order valence-electron chi connectivity index (χ2n) is 11.4. The summed E-state index contributed by atoms with van der Waals surface area (Å²) in [6.45, 7) is 15.4. The van der Waals surface area contributed by atoms with Gasteiger partial charge in [-0.15, -0.1) is 0 Å². The third kappa shape index (κ3) is 4.21. The lowest BCUT2D eigenvalue weighted by atomic mass is 9.68. The zero-order valence-corrected chi connectivity index (χ0v) is 22.8. The molecule has 6 nitrogen and oxygen atoms in total. The van der Waals surface area contributed by atoms with Gasteiger partial charge in [0.2, 0.25) is 0 Å². The predicted octanol–water partition coefficient (Wildman–Crippen LogP) is 5.21. The highest BCUT2D eigenvalue weighted by Gasteiger charge is 2.63. The number of esters is 1. The Hall–Kier alpha value is -1.57. The number of methoxy groups -OCH3 is 2. The van der Waals surface area contributed by atoms with Gasteiger partial charge in [0.25, 0.3) is 0 Å². The summed E-state index contributed by atoms with van der Waals surface area (Å²) >= 11 is 0. The van der Waals surface area contributed by atoms with Gasteiger partial charge in [0.1, 0.15) is 17.1 Å². The zero-order valence-electron chi connectivity index (χ0n) is 21.8. The lowest BCUT2D eigenvalue weighted by molar-refractivity contribution is -0.155. The van der Waals surface area contributed by atoms with E-state index in [2.05, 4.69) is 40.8 Å². The maximum atomic E-state index is 12.9. The monoisotopic (exact) mass is 478 g/mol. The number of hydrogen-bond acceptors (Lipinski definition) is 6. The van der Waals surface area contributed by atoms with Crippen molar-refractivity contribution in [3.8, 4) is 11.5 Å². The molecule has 2 aliphatic rings. The van der Waals surface area contributed by atoms with E-state index in [1.54, 1.807) is 14.2 Å². The molecule has 1 fully saturated rings. The molecule has 7 heteroatoms. The zero-order chi connectivity index (χ0) is 24.8. The summed E-state index contributed by atoms with van der Waals surface area (Å²) in [6, 6.07) is 3.73. The average Bonchev–Trinajstić information content (AvgIpc) is 2.90. The predicted molar refractivity (Wildman–Crippen MR) is 131 cm³/mol. The van der Waals surface area contributed by atoms with Gasteiger partial charge in [0.05, 0.1) is 32.8 Å². The Morgan fingerprint density at radius 2 is 1.76 bits per heavy atom. The molecule has 1 saturated carbocycles. The van der Waals surface area contributed by atoms with Gasteiger partial charge in [0.15, 0.2) is 8.32 Å². The highest BCUT2D eigenvalue weighted by atomic mass is 28.4. The first-order valence-corrected chi connectivity index (χ1v) is 15.0. The van der Waals surface area contributed by atoms with E-state index in [0.29, 0.717) is 31.6 Å². The Morgan fingerprint density at radius 1 is 1.15 bits per heavy atom. The van der Waals surface area contributed by atoms with E-state index in [0.717, 1.165) is 16.9 Å². The largest absolute Gasteiger partial charge is 0.496 e. The molecule has 4 atom stereocenters. The van der Waals surface area contributed by atoms with E-state index < -0.39 is 25.3 Å². The summed E-state index contributed by atoms with van der Waals surface area (Å²) in [4.78, 5) is 12.9. The third-order valence-corrected chi connectivity index (χ3v) is 13.0. The minimum Gasteiger partial charge on any atom is -0.496 e. The molecule has 0 aliphatic heterocycles. The fourth-order valence-electron chi connectivity index (χ4n) is 5.42. The summed E-state index contributed by atoms with van der Waals surface area (Å²) < 4.78 is 23.8. The molecule has 1 N–H and O–H groups in total. The molecule has 33 heavy (non-hydrogen) atoms. The first kappa shape index (κ1) is 26.0. The Labute approximate surface area is 200 Å². The first-order valence-electron chi connectivity index (χ1n) is 12.1. The maximum Gasteiger partial charge on any atom is 0.309 e. The van der Waals surface area contributed by atoms with Gasteiger partial charge in [-0.05, 0) is 62.9 Å². The molecule has 0 radical (unpaired) electrons. The summed E-state index contributed by atoms with van der Waals surface area (Å²) in [5.74, 6) is 0.681. The quantitative estimate of drug-likeness (QED) is 0.447. The number of carbonyl (C=O) groups is 1. The van der Waals surface area contributed by atoms with Crippen molar-refractivity contribution in [2.45, 2.75) is 90.1 Å². The van der Waals surface area contributed by atoms with Crippen LogP contribution in [0.4, 0.5) is 0 Å². The molecule has 0 amide bonds. The lowest BCUT2D eigenvalue weighted by Gasteiger charge is -2.48. The summed E-state index contributed by atoms with van der Waals surface area (Å²) in [5.41, 5.74) is -0.293. The normalized spacial score (nSPS) is 29.6. The van der Waals surface area contributed by atoms with Gasteiger partial charge in [-0.1, -0.05) is 27.7 Å². The fourth-order valence-corrected chi connectivity index (χ4v) is 6.87. The maximum absolute atomic E-state index is 12.9. The molecule has 0 aromatic heterocycles. The van der Waals surface area contributed by atoms with Crippen LogP contribution in [0.1, 0.15) is 65.0 Å².